The summed E-state index contributed by atoms with van der Waals surface area (Å²) in [5, 5.41) is 2.49. The first-order valence-electron chi connectivity index (χ1n) is 7.44. The SMILES string of the molecule is CCOC(=O)c1cnc(-c2ccc3c(c2)c(Cl)cn3C(C)C)s1. The molecule has 0 aliphatic carbocycles. The second-order valence-corrected chi connectivity index (χ2v) is 6.90. The van der Waals surface area contributed by atoms with Gasteiger partial charge in [0.15, 0.2) is 0 Å². The minimum absolute atomic E-state index is 0.332. The van der Waals surface area contributed by atoms with E-state index in [2.05, 4.69) is 23.4 Å². The maximum atomic E-state index is 11.8. The lowest BCUT2D eigenvalue weighted by atomic mass is 10.1. The number of hydrogen-bond acceptors (Lipinski definition) is 4. The van der Waals surface area contributed by atoms with E-state index in [-0.39, 0.29) is 5.97 Å². The number of ether oxygens (including phenoxy) is 1. The summed E-state index contributed by atoms with van der Waals surface area (Å²) >= 11 is 7.69. The molecular formula is C17H17ClN2O2S. The molecule has 0 aliphatic rings. The van der Waals surface area contributed by atoms with Crippen LogP contribution < -0.4 is 0 Å². The van der Waals surface area contributed by atoms with E-state index in [1.54, 1.807) is 13.1 Å². The van der Waals surface area contributed by atoms with Crippen molar-refractivity contribution in [3.63, 3.8) is 0 Å². The number of thiazole rings is 1. The van der Waals surface area contributed by atoms with Gasteiger partial charge in [0.1, 0.15) is 9.88 Å². The Kier molecular flexibility index (Phi) is 4.41. The normalized spacial score (nSPS) is 11.3. The Morgan fingerprint density at radius 3 is 2.91 bits per heavy atom. The van der Waals surface area contributed by atoms with Crippen molar-refractivity contribution in [2.45, 2.75) is 26.8 Å². The fourth-order valence-electron chi connectivity index (χ4n) is 2.48. The molecule has 6 heteroatoms. The number of carbonyl (C=O) groups excluding carboxylic acids is 1. The number of nitrogens with zero attached hydrogens (tertiary/aromatic N) is 2. The second kappa shape index (κ2) is 6.34. The van der Waals surface area contributed by atoms with E-state index in [4.69, 9.17) is 16.3 Å². The first-order chi connectivity index (χ1) is 11.0. The highest BCUT2D eigenvalue weighted by atomic mass is 35.5. The van der Waals surface area contributed by atoms with E-state index in [9.17, 15) is 4.79 Å². The Balaban J connectivity index is 2.01. The molecule has 4 nitrogen and oxygen atoms in total. The fourth-order valence-corrected chi connectivity index (χ4v) is 3.54. The van der Waals surface area contributed by atoms with Crippen LogP contribution in [0.1, 0.15) is 36.5 Å². The quantitative estimate of drug-likeness (QED) is 0.610. The zero-order valence-electron chi connectivity index (χ0n) is 13.2. The van der Waals surface area contributed by atoms with E-state index in [0.29, 0.717) is 17.5 Å². The van der Waals surface area contributed by atoms with Crippen LogP contribution >= 0.6 is 22.9 Å². The lowest BCUT2D eigenvalue weighted by Crippen LogP contribution is -2.01. The van der Waals surface area contributed by atoms with Gasteiger partial charge < -0.3 is 9.30 Å². The Labute approximate surface area is 143 Å². The van der Waals surface area contributed by atoms with Gasteiger partial charge in [0.25, 0.3) is 0 Å². The molecule has 3 aromatic rings. The summed E-state index contributed by atoms with van der Waals surface area (Å²) in [7, 11) is 0. The summed E-state index contributed by atoms with van der Waals surface area (Å²) in [6.07, 6.45) is 3.51. The molecule has 120 valence electrons. The van der Waals surface area contributed by atoms with Gasteiger partial charge in [-0.1, -0.05) is 11.6 Å². The van der Waals surface area contributed by atoms with Crippen LogP contribution in [0.3, 0.4) is 0 Å². The Bertz CT molecular complexity index is 867. The van der Waals surface area contributed by atoms with Crippen LogP contribution in [-0.4, -0.2) is 22.1 Å². The van der Waals surface area contributed by atoms with Crippen LogP contribution in [0.5, 0.6) is 0 Å². The fraction of sp³-hybridized carbons (Fsp3) is 0.294. The molecule has 0 saturated heterocycles. The highest BCUT2D eigenvalue weighted by molar-refractivity contribution is 7.16. The molecule has 0 unspecified atom stereocenters. The van der Waals surface area contributed by atoms with Gasteiger partial charge in [0.2, 0.25) is 0 Å². The van der Waals surface area contributed by atoms with Crippen molar-refractivity contribution < 1.29 is 9.53 Å². The van der Waals surface area contributed by atoms with Crippen LogP contribution in [0.2, 0.25) is 5.02 Å². The third kappa shape index (κ3) is 2.99. The van der Waals surface area contributed by atoms with Crippen LogP contribution in [0.25, 0.3) is 21.5 Å². The first kappa shape index (κ1) is 16.0. The lowest BCUT2D eigenvalue weighted by molar-refractivity contribution is 0.0532. The van der Waals surface area contributed by atoms with E-state index < -0.39 is 0 Å². The molecule has 0 radical (unpaired) electrons. The van der Waals surface area contributed by atoms with Gasteiger partial charge in [-0.25, -0.2) is 9.78 Å². The van der Waals surface area contributed by atoms with E-state index in [0.717, 1.165) is 26.5 Å². The minimum atomic E-state index is -0.332. The van der Waals surface area contributed by atoms with Crippen molar-refractivity contribution in [3.05, 3.63) is 40.5 Å². The highest BCUT2D eigenvalue weighted by Gasteiger charge is 2.15. The van der Waals surface area contributed by atoms with Gasteiger partial charge in [-0.15, -0.1) is 11.3 Å². The molecule has 0 spiro atoms. The molecule has 0 aliphatic heterocycles. The molecule has 2 heterocycles. The number of rotatable bonds is 4. The Morgan fingerprint density at radius 1 is 1.43 bits per heavy atom. The summed E-state index contributed by atoms with van der Waals surface area (Å²) in [4.78, 5) is 16.6. The van der Waals surface area contributed by atoms with Crippen molar-refractivity contribution in [1.82, 2.24) is 9.55 Å². The highest BCUT2D eigenvalue weighted by Crippen LogP contribution is 2.33. The van der Waals surface area contributed by atoms with Crippen molar-refractivity contribution >= 4 is 39.8 Å². The predicted molar refractivity (Wildman–Crippen MR) is 94.4 cm³/mol. The maximum absolute atomic E-state index is 11.8. The molecule has 1 aromatic carbocycles. The van der Waals surface area contributed by atoms with E-state index in [1.165, 1.54) is 11.3 Å². The topological polar surface area (TPSA) is 44.1 Å². The average Bonchev–Trinajstić information content (AvgIpc) is 3.13. The van der Waals surface area contributed by atoms with Gasteiger partial charge in [0.05, 0.1) is 17.8 Å². The molecular weight excluding hydrogens is 332 g/mol. The molecule has 0 bridgehead atoms. The van der Waals surface area contributed by atoms with Crippen molar-refractivity contribution in [1.29, 1.82) is 0 Å². The van der Waals surface area contributed by atoms with Crippen molar-refractivity contribution in [3.8, 4) is 10.6 Å². The number of aromatic nitrogens is 2. The summed E-state index contributed by atoms with van der Waals surface area (Å²) < 4.78 is 7.15. The monoisotopic (exact) mass is 348 g/mol. The van der Waals surface area contributed by atoms with Crippen LogP contribution in [0.15, 0.2) is 30.6 Å². The Hall–Kier alpha value is -1.85. The van der Waals surface area contributed by atoms with Crippen LogP contribution in [0.4, 0.5) is 0 Å². The first-order valence-corrected chi connectivity index (χ1v) is 8.64. The smallest absolute Gasteiger partial charge is 0.349 e. The van der Waals surface area contributed by atoms with Gasteiger partial charge in [-0.3, -0.25) is 0 Å². The number of benzene rings is 1. The van der Waals surface area contributed by atoms with E-state index in [1.807, 2.05) is 24.4 Å². The third-order valence-electron chi connectivity index (χ3n) is 3.57. The molecule has 0 atom stereocenters. The van der Waals surface area contributed by atoms with Gasteiger partial charge in [-0.2, -0.15) is 0 Å². The molecule has 0 amide bonds. The summed E-state index contributed by atoms with van der Waals surface area (Å²) in [5.41, 5.74) is 2.04. The summed E-state index contributed by atoms with van der Waals surface area (Å²) in [6, 6.07) is 6.41. The maximum Gasteiger partial charge on any atom is 0.349 e. The number of halogens is 1. The predicted octanol–water partition coefficient (Wildman–Crippen LogP) is 5.18. The van der Waals surface area contributed by atoms with Gasteiger partial charge in [-0.05, 0) is 39.0 Å². The molecule has 0 saturated carbocycles. The van der Waals surface area contributed by atoms with Gasteiger partial charge >= 0.3 is 5.97 Å². The molecule has 0 fully saturated rings. The van der Waals surface area contributed by atoms with Crippen LogP contribution in [0, 0.1) is 0 Å². The summed E-state index contributed by atoms with van der Waals surface area (Å²) in [5.74, 6) is -0.332. The van der Waals surface area contributed by atoms with Gasteiger partial charge in [0, 0.05) is 28.7 Å². The number of esters is 1. The minimum Gasteiger partial charge on any atom is -0.462 e. The second-order valence-electron chi connectivity index (χ2n) is 5.46. The molecule has 0 N–H and O–H groups in total. The molecule has 23 heavy (non-hydrogen) atoms. The average molecular weight is 349 g/mol. The third-order valence-corrected chi connectivity index (χ3v) is 4.90. The molecule has 3 rings (SSSR count). The van der Waals surface area contributed by atoms with Crippen molar-refractivity contribution in [2.75, 3.05) is 6.61 Å². The standard InChI is InChI=1S/C17H17ClN2O2S/c1-4-22-17(21)15-8-19-16(23-15)11-5-6-14-12(7-11)13(18)9-20(14)10(2)3/h5-10H,4H2,1-3H3. The zero-order chi connectivity index (χ0) is 16.6. The van der Waals surface area contributed by atoms with Crippen molar-refractivity contribution in [2.24, 2.45) is 0 Å². The summed E-state index contributed by atoms with van der Waals surface area (Å²) in [6.45, 7) is 6.39. The number of hydrogen-bond donors (Lipinski definition) is 0. The van der Waals surface area contributed by atoms with E-state index >= 15 is 0 Å². The number of fused-ring (bicyclic) bond motifs is 1. The molecule has 2 aromatic heterocycles. The zero-order valence-corrected chi connectivity index (χ0v) is 14.7. The Morgan fingerprint density at radius 2 is 2.22 bits per heavy atom. The number of carbonyl (C=O) groups is 1. The largest absolute Gasteiger partial charge is 0.462 e. The lowest BCUT2D eigenvalue weighted by Gasteiger charge is -2.09. The van der Waals surface area contributed by atoms with Crippen LogP contribution in [-0.2, 0) is 4.74 Å².